The number of carboxylic acids is 1. The summed E-state index contributed by atoms with van der Waals surface area (Å²) in [6.07, 6.45) is 2.86. The average Bonchev–Trinajstić information content (AvgIpc) is 2.61. The molecule has 0 fully saturated rings. The van der Waals surface area contributed by atoms with Crippen LogP contribution in [0.5, 0.6) is 0 Å². The highest BCUT2D eigenvalue weighted by Gasteiger charge is 2.24. The van der Waals surface area contributed by atoms with Crippen LogP contribution in [0.4, 0.5) is 0 Å². The van der Waals surface area contributed by atoms with Crippen LogP contribution in [0.25, 0.3) is 0 Å². The predicted octanol–water partition coefficient (Wildman–Crippen LogP) is -0.697. The van der Waals surface area contributed by atoms with Crippen molar-refractivity contribution in [3.8, 4) is 0 Å². The molecule has 9 nitrogen and oxygen atoms in total. The lowest BCUT2D eigenvalue weighted by molar-refractivity contribution is -0.141. The third-order valence-electron chi connectivity index (χ3n) is 3.98. The van der Waals surface area contributed by atoms with Gasteiger partial charge in [0.1, 0.15) is 12.1 Å². The van der Waals surface area contributed by atoms with Crippen LogP contribution in [0.15, 0.2) is 0 Å². The number of hydrogen-bond donors (Lipinski definition) is 5. The van der Waals surface area contributed by atoms with Gasteiger partial charge in [0.25, 0.3) is 0 Å². The molecule has 4 atom stereocenters. The zero-order chi connectivity index (χ0) is 20.3. The Morgan fingerprint density at radius 1 is 1.12 bits per heavy atom. The average molecular weight is 391 g/mol. The van der Waals surface area contributed by atoms with Gasteiger partial charge in [0, 0.05) is 0 Å². The maximum atomic E-state index is 12.0. The van der Waals surface area contributed by atoms with Gasteiger partial charge < -0.3 is 26.8 Å². The molecular formula is C16H30N4O5S. The summed E-state index contributed by atoms with van der Waals surface area (Å²) < 4.78 is 0. The fourth-order valence-corrected chi connectivity index (χ4v) is 2.42. The summed E-state index contributed by atoms with van der Waals surface area (Å²) in [5.41, 5.74) is 5.80. The third-order valence-corrected chi connectivity index (χ3v) is 4.62. The third kappa shape index (κ3) is 9.04. The molecule has 0 radical (unpaired) electrons. The second-order valence-electron chi connectivity index (χ2n) is 6.10. The Morgan fingerprint density at radius 2 is 1.73 bits per heavy atom. The van der Waals surface area contributed by atoms with Gasteiger partial charge in [-0.05, 0) is 31.3 Å². The van der Waals surface area contributed by atoms with Crippen LogP contribution in [0.3, 0.4) is 0 Å². The van der Waals surface area contributed by atoms with E-state index in [0.29, 0.717) is 5.75 Å². The molecule has 0 aliphatic carbocycles. The van der Waals surface area contributed by atoms with Crippen LogP contribution in [0.1, 0.15) is 33.6 Å². The summed E-state index contributed by atoms with van der Waals surface area (Å²) in [6, 6.07) is -2.58. The van der Waals surface area contributed by atoms with Crippen molar-refractivity contribution in [1.82, 2.24) is 16.0 Å². The number of nitrogens with one attached hydrogen (secondary N) is 3. The Bertz CT molecular complexity index is 503. The molecule has 0 aliphatic rings. The zero-order valence-corrected chi connectivity index (χ0v) is 16.5. The minimum absolute atomic E-state index is 0.0229. The van der Waals surface area contributed by atoms with Crippen molar-refractivity contribution in [2.45, 2.75) is 51.7 Å². The quantitative estimate of drug-likeness (QED) is 0.296. The van der Waals surface area contributed by atoms with Crippen molar-refractivity contribution in [1.29, 1.82) is 0 Å². The zero-order valence-electron chi connectivity index (χ0n) is 15.7. The molecule has 150 valence electrons. The number of nitrogens with two attached hydrogens (primary N) is 1. The van der Waals surface area contributed by atoms with Crippen molar-refractivity contribution < 1.29 is 24.3 Å². The molecule has 0 rings (SSSR count). The van der Waals surface area contributed by atoms with E-state index >= 15 is 0 Å². The first-order chi connectivity index (χ1) is 12.1. The van der Waals surface area contributed by atoms with Crippen LogP contribution in [0, 0.1) is 5.92 Å². The summed E-state index contributed by atoms with van der Waals surface area (Å²) in [6.45, 7) is 4.86. The number of carbonyl (C=O) groups excluding carboxylic acids is 3. The molecule has 4 unspecified atom stereocenters. The van der Waals surface area contributed by atoms with Crippen molar-refractivity contribution in [3.05, 3.63) is 0 Å². The lowest BCUT2D eigenvalue weighted by atomic mass is 9.99. The monoisotopic (exact) mass is 390 g/mol. The second-order valence-corrected chi connectivity index (χ2v) is 7.08. The molecule has 0 saturated carbocycles. The Hall–Kier alpha value is -1.81. The van der Waals surface area contributed by atoms with E-state index in [1.54, 1.807) is 0 Å². The molecule has 0 aromatic carbocycles. The van der Waals surface area contributed by atoms with Crippen molar-refractivity contribution in [2.24, 2.45) is 11.7 Å². The standard InChI is InChI=1S/C16H30N4O5S/c1-5-9(2)13(17)15(23)19-10(3)14(22)18-8-12(21)20-11(16(24)25)6-7-26-4/h9-11,13H,5-8,17H2,1-4H3,(H,18,22)(H,19,23)(H,20,21)(H,24,25). The largest absolute Gasteiger partial charge is 0.480 e. The summed E-state index contributed by atoms with van der Waals surface area (Å²) in [5.74, 6) is -2.16. The number of aliphatic carboxylic acids is 1. The number of carbonyl (C=O) groups is 4. The van der Waals surface area contributed by atoms with Crippen molar-refractivity contribution in [3.63, 3.8) is 0 Å². The van der Waals surface area contributed by atoms with E-state index in [2.05, 4.69) is 16.0 Å². The molecule has 26 heavy (non-hydrogen) atoms. The first kappa shape index (κ1) is 24.2. The summed E-state index contributed by atoms with van der Waals surface area (Å²) >= 11 is 1.47. The highest BCUT2D eigenvalue weighted by atomic mass is 32.2. The number of thioether (sulfide) groups is 1. The van der Waals surface area contributed by atoms with Gasteiger partial charge in [-0.3, -0.25) is 14.4 Å². The Morgan fingerprint density at radius 3 is 2.23 bits per heavy atom. The van der Waals surface area contributed by atoms with E-state index in [0.717, 1.165) is 6.42 Å². The number of amides is 3. The van der Waals surface area contributed by atoms with Crippen LogP contribution < -0.4 is 21.7 Å². The molecule has 0 bridgehead atoms. The lowest BCUT2D eigenvalue weighted by Gasteiger charge is -2.21. The number of carboxylic acid groups (broad SMARTS) is 1. The molecule has 10 heteroatoms. The van der Waals surface area contributed by atoms with Gasteiger partial charge in [-0.1, -0.05) is 20.3 Å². The maximum absolute atomic E-state index is 12.0. The minimum atomic E-state index is -1.13. The summed E-state index contributed by atoms with van der Waals surface area (Å²) in [5, 5.41) is 16.3. The second kappa shape index (κ2) is 12.5. The van der Waals surface area contributed by atoms with Crippen LogP contribution in [-0.4, -0.2) is 65.5 Å². The predicted molar refractivity (Wildman–Crippen MR) is 101 cm³/mol. The Balaban J connectivity index is 4.39. The summed E-state index contributed by atoms with van der Waals surface area (Å²) in [7, 11) is 0. The minimum Gasteiger partial charge on any atom is -0.480 e. The van der Waals surface area contributed by atoms with Gasteiger partial charge in [0.05, 0.1) is 12.6 Å². The van der Waals surface area contributed by atoms with Crippen LogP contribution in [-0.2, 0) is 19.2 Å². The highest BCUT2D eigenvalue weighted by molar-refractivity contribution is 7.98. The first-order valence-electron chi connectivity index (χ1n) is 8.48. The normalized spacial score (nSPS) is 15.3. The molecule has 0 spiro atoms. The van der Waals surface area contributed by atoms with Gasteiger partial charge in [0.2, 0.25) is 17.7 Å². The lowest BCUT2D eigenvalue weighted by Crippen LogP contribution is -2.53. The van der Waals surface area contributed by atoms with E-state index in [1.807, 2.05) is 20.1 Å². The molecule has 0 heterocycles. The molecule has 0 aromatic heterocycles. The van der Waals surface area contributed by atoms with Gasteiger partial charge >= 0.3 is 5.97 Å². The fourth-order valence-electron chi connectivity index (χ4n) is 1.95. The summed E-state index contributed by atoms with van der Waals surface area (Å²) in [4.78, 5) is 46.8. The SMILES string of the molecule is CCC(C)C(N)C(=O)NC(C)C(=O)NCC(=O)NC(CCSC)C(=O)O. The van der Waals surface area contributed by atoms with E-state index in [4.69, 9.17) is 10.8 Å². The first-order valence-corrected chi connectivity index (χ1v) is 9.88. The molecule has 0 aliphatic heterocycles. The number of hydrogen-bond acceptors (Lipinski definition) is 6. The highest BCUT2D eigenvalue weighted by Crippen LogP contribution is 2.05. The molecular weight excluding hydrogens is 360 g/mol. The Kier molecular flexibility index (Phi) is 11.7. The molecule has 3 amide bonds. The van der Waals surface area contributed by atoms with Crippen molar-refractivity contribution in [2.75, 3.05) is 18.6 Å². The topological polar surface area (TPSA) is 151 Å². The molecule has 0 aromatic rings. The Labute approximate surface area is 158 Å². The van der Waals surface area contributed by atoms with Gasteiger partial charge in [-0.15, -0.1) is 0 Å². The maximum Gasteiger partial charge on any atom is 0.326 e. The van der Waals surface area contributed by atoms with Crippen molar-refractivity contribution >= 4 is 35.5 Å². The molecule has 6 N–H and O–H groups in total. The van der Waals surface area contributed by atoms with Gasteiger partial charge in [0.15, 0.2) is 0 Å². The van der Waals surface area contributed by atoms with E-state index in [1.165, 1.54) is 18.7 Å². The smallest absolute Gasteiger partial charge is 0.326 e. The molecule has 0 saturated heterocycles. The van der Waals surface area contributed by atoms with Gasteiger partial charge in [-0.25, -0.2) is 4.79 Å². The van der Waals surface area contributed by atoms with E-state index < -0.39 is 41.8 Å². The number of rotatable bonds is 12. The van der Waals surface area contributed by atoms with E-state index in [9.17, 15) is 19.2 Å². The fraction of sp³-hybridized carbons (Fsp3) is 0.750. The van der Waals surface area contributed by atoms with E-state index in [-0.39, 0.29) is 18.9 Å². The van der Waals surface area contributed by atoms with Gasteiger partial charge in [-0.2, -0.15) is 11.8 Å². The van der Waals surface area contributed by atoms with Crippen LogP contribution >= 0.6 is 11.8 Å². The van der Waals surface area contributed by atoms with Crippen LogP contribution in [0.2, 0.25) is 0 Å².